The molecule has 1 aromatic carbocycles. The molecule has 0 aliphatic carbocycles. The standard InChI is InChI=1S/C21H34Si/c1-7-14-18(8-2)21(10-4)19(9-3)17-22(5,6)20-15-12-11-13-16-20/h11-16H,7-10,17H2,1-6H3/b18-14+,21-19+. The zero-order valence-electron chi connectivity index (χ0n) is 15.5. The molecular formula is C21H34Si. The molecule has 0 bridgehead atoms. The number of rotatable bonds is 8. The third kappa shape index (κ3) is 4.98. The van der Waals surface area contributed by atoms with Crippen molar-refractivity contribution in [1.29, 1.82) is 0 Å². The van der Waals surface area contributed by atoms with Crippen molar-refractivity contribution in [1.82, 2.24) is 0 Å². The molecular weight excluding hydrogens is 280 g/mol. The van der Waals surface area contributed by atoms with E-state index in [1.54, 1.807) is 21.9 Å². The fourth-order valence-electron chi connectivity index (χ4n) is 3.40. The monoisotopic (exact) mass is 314 g/mol. The van der Waals surface area contributed by atoms with Crippen molar-refractivity contribution in [3.05, 3.63) is 53.1 Å². The molecule has 22 heavy (non-hydrogen) atoms. The molecule has 0 saturated heterocycles. The fourth-order valence-corrected chi connectivity index (χ4v) is 6.23. The Balaban J connectivity index is 3.18. The molecule has 0 atom stereocenters. The topological polar surface area (TPSA) is 0 Å². The van der Waals surface area contributed by atoms with Gasteiger partial charge >= 0.3 is 0 Å². The zero-order valence-corrected chi connectivity index (χ0v) is 16.5. The maximum absolute atomic E-state index is 2.51. The Hall–Kier alpha value is -1.08. The number of benzene rings is 1. The zero-order chi connectivity index (χ0) is 16.6. The molecule has 0 aliphatic heterocycles. The Kier molecular flexibility index (Phi) is 7.88. The highest BCUT2D eigenvalue weighted by molar-refractivity contribution is 6.90. The normalized spacial score (nSPS) is 14.0. The fraction of sp³-hybridized carbons (Fsp3) is 0.524. The quantitative estimate of drug-likeness (QED) is 0.381. The van der Waals surface area contributed by atoms with E-state index in [0.717, 1.165) is 12.8 Å². The molecule has 1 heteroatoms. The predicted molar refractivity (Wildman–Crippen MR) is 105 cm³/mol. The van der Waals surface area contributed by atoms with Crippen molar-refractivity contribution < 1.29 is 0 Å². The number of hydrogen-bond donors (Lipinski definition) is 0. The van der Waals surface area contributed by atoms with E-state index in [1.807, 2.05) is 0 Å². The van der Waals surface area contributed by atoms with Crippen LogP contribution >= 0.6 is 0 Å². The molecule has 0 aliphatic rings. The van der Waals surface area contributed by atoms with E-state index >= 15 is 0 Å². The largest absolute Gasteiger partial charge is 0.0846 e. The van der Waals surface area contributed by atoms with Gasteiger partial charge in [-0.3, -0.25) is 0 Å². The van der Waals surface area contributed by atoms with Crippen LogP contribution in [0.2, 0.25) is 19.1 Å². The van der Waals surface area contributed by atoms with Crippen molar-refractivity contribution in [2.24, 2.45) is 0 Å². The minimum absolute atomic E-state index is 1.14. The molecule has 0 aromatic heterocycles. The van der Waals surface area contributed by atoms with Crippen LogP contribution in [0.15, 0.2) is 53.1 Å². The van der Waals surface area contributed by atoms with Gasteiger partial charge in [0.1, 0.15) is 0 Å². The molecule has 1 aromatic rings. The number of allylic oxidation sites excluding steroid dienone is 4. The van der Waals surface area contributed by atoms with Crippen molar-refractivity contribution in [3.63, 3.8) is 0 Å². The van der Waals surface area contributed by atoms with Gasteiger partial charge in [-0.1, -0.05) is 88.0 Å². The predicted octanol–water partition coefficient (Wildman–Crippen LogP) is 6.47. The summed E-state index contributed by atoms with van der Waals surface area (Å²) in [5.74, 6) is 0. The lowest BCUT2D eigenvalue weighted by Crippen LogP contribution is -2.41. The van der Waals surface area contributed by atoms with Crippen LogP contribution in [-0.2, 0) is 0 Å². The van der Waals surface area contributed by atoms with E-state index in [1.165, 1.54) is 18.9 Å². The summed E-state index contributed by atoms with van der Waals surface area (Å²) in [7, 11) is -1.41. The number of hydrogen-bond acceptors (Lipinski definition) is 0. The second kappa shape index (κ2) is 9.15. The molecule has 0 radical (unpaired) electrons. The Morgan fingerprint density at radius 1 is 0.909 bits per heavy atom. The lowest BCUT2D eigenvalue weighted by molar-refractivity contribution is 0.941. The van der Waals surface area contributed by atoms with E-state index in [2.05, 4.69) is 77.2 Å². The minimum atomic E-state index is -1.41. The third-order valence-corrected chi connectivity index (χ3v) is 7.84. The van der Waals surface area contributed by atoms with Gasteiger partial charge in [-0.15, -0.1) is 0 Å². The molecule has 0 N–H and O–H groups in total. The first-order chi connectivity index (χ1) is 10.5. The molecule has 0 nitrogen and oxygen atoms in total. The lowest BCUT2D eigenvalue weighted by atomic mass is 9.94. The van der Waals surface area contributed by atoms with Gasteiger partial charge in [-0.05, 0) is 42.9 Å². The van der Waals surface area contributed by atoms with Crippen molar-refractivity contribution in [3.8, 4) is 0 Å². The Morgan fingerprint density at radius 3 is 2.00 bits per heavy atom. The SMILES string of the molecule is CC/C=C(CC)/C(CC)=C(\CC)C[Si](C)(C)c1ccccc1. The summed E-state index contributed by atoms with van der Waals surface area (Å²) in [6.07, 6.45) is 7.10. The van der Waals surface area contributed by atoms with E-state index in [-0.39, 0.29) is 0 Å². The van der Waals surface area contributed by atoms with Gasteiger partial charge in [0.25, 0.3) is 0 Å². The highest BCUT2D eigenvalue weighted by atomic mass is 28.3. The van der Waals surface area contributed by atoms with E-state index < -0.39 is 8.07 Å². The van der Waals surface area contributed by atoms with Gasteiger partial charge < -0.3 is 0 Å². The summed E-state index contributed by atoms with van der Waals surface area (Å²) in [4.78, 5) is 0. The van der Waals surface area contributed by atoms with Gasteiger partial charge in [-0.25, -0.2) is 0 Å². The highest BCUT2D eigenvalue weighted by Crippen LogP contribution is 2.29. The summed E-state index contributed by atoms with van der Waals surface area (Å²) in [5.41, 5.74) is 4.92. The maximum Gasteiger partial charge on any atom is 0.0846 e. The van der Waals surface area contributed by atoms with Gasteiger partial charge in [0.2, 0.25) is 0 Å². The van der Waals surface area contributed by atoms with E-state index in [9.17, 15) is 0 Å². The summed E-state index contributed by atoms with van der Waals surface area (Å²) < 4.78 is 0. The lowest BCUT2D eigenvalue weighted by Gasteiger charge is -2.27. The Labute approximate surface area is 139 Å². The second-order valence-corrected chi connectivity index (χ2v) is 11.4. The van der Waals surface area contributed by atoms with Crippen molar-refractivity contribution in [2.45, 2.75) is 72.5 Å². The summed E-state index contributed by atoms with van der Waals surface area (Å²) in [6.45, 7) is 14.2. The molecule has 0 fully saturated rings. The Morgan fingerprint density at radius 2 is 1.55 bits per heavy atom. The van der Waals surface area contributed by atoms with Crippen LogP contribution in [0, 0.1) is 0 Å². The third-order valence-electron chi connectivity index (χ3n) is 4.64. The molecule has 0 amide bonds. The average Bonchev–Trinajstić information content (AvgIpc) is 2.54. The van der Waals surface area contributed by atoms with Crippen LogP contribution in [0.25, 0.3) is 0 Å². The van der Waals surface area contributed by atoms with Gasteiger partial charge in [-0.2, -0.15) is 0 Å². The molecule has 1 rings (SSSR count). The van der Waals surface area contributed by atoms with Gasteiger partial charge in [0, 0.05) is 0 Å². The van der Waals surface area contributed by atoms with Crippen molar-refractivity contribution >= 4 is 13.3 Å². The summed E-state index contributed by atoms with van der Waals surface area (Å²) in [6, 6.07) is 12.4. The smallest absolute Gasteiger partial charge is 0.0813 e. The molecule has 0 spiro atoms. The van der Waals surface area contributed by atoms with E-state index in [0.29, 0.717) is 0 Å². The van der Waals surface area contributed by atoms with Gasteiger partial charge in [0.15, 0.2) is 0 Å². The summed E-state index contributed by atoms with van der Waals surface area (Å²) >= 11 is 0. The maximum atomic E-state index is 2.51. The minimum Gasteiger partial charge on any atom is -0.0813 e. The summed E-state index contributed by atoms with van der Waals surface area (Å²) in [5, 5.41) is 1.58. The highest BCUT2D eigenvalue weighted by Gasteiger charge is 2.25. The molecule has 122 valence electrons. The van der Waals surface area contributed by atoms with Crippen LogP contribution in [0.3, 0.4) is 0 Å². The molecule has 0 heterocycles. The van der Waals surface area contributed by atoms with Gasteiger partial charge in [0.05, 0.1) is 8.07 Å². The molecule has 0 unspecified atom stereocenters. The van der Waals surface area contributed by atoms with Crippen molar-refractivity contribution in [2.75, 3.05) is 0 Å². The first-order valence-electron chi connectivity index (χ1n) is 8.95. The van der Waals surface area contributed by atoms with Crippen LogP contribution < -0.4 is 5.19 Å². The van der Waals surface area contributed by atoms with E-state index in [4.69, 9.17) is 0 Å². The Bertz CT molecular complexity index is 506. The van der Waals surface area contributed by atoms with Crippen LogP contribution in [0.1, 0.15) is 53.4 Å². The van der Waals surface area contributed by atoms with Crippen LogP contribution in [-0.4, -0.2) is 8.07 Å². The van der Waals surface area contributed by atoms with Crippen LogP contribution in [0.5, 0.6) is 0 Å². The first kappa shape index (κ1) is 19.0. The first-order valence-corrected chi connectivity index (χ1v) is 12.2. The van der Waals surface area contributed by atoms with Crippen LogP contribution in [0.4, 0.5) is 0 Å². The molecule has 0 saturated carbocycles. The average molecular weight is 315 g/mol. The second-order valence-electron chi connectivity index (χ2n) is 6.71.